The zero-order valence-corrected chi connectivity index (χ0v) is 11.4. The van der Waals surface area contributed by atoms with Gasteiger partial charge in [-0.3, -0.25) is 0 Å². The van der Waals surface area contributed by atoms with Crippen molar-refractivity contribution in [3.05, 3.63) is 46.2 Å². The van der Waals surface area contributed by atoms with Gasteiger partial charge in [-0.2, -0.15) is 5.10 Å². The number of aryl methyl sites for hydroxylation is 2. The van der Waals surface area contributed by atoms with E-state index in [4.69, 9.17) is 23.2 Å². The van der Waals surface area contributed by atoms with Crippen molar-refractivity contribution < 1.29 is 0 Å². The molecule has 17 heavy (non-hydrogen) atoms. The summed E-state index contributed by atoms with van der Waals surface area (Å²) in [7, 11) is 0. The van der Waals surface area contributed by atoms with Crippen molar-refractivity contribution in [2.45, 2.75) is 26.1 Å². The Morgan fingerprint density at radius 3 is 2.35 bits per heavy atom. The van der Waals surface area contributed by atoms with Crippen molar-refractivity contribution in [1.82, 2.24) is 9.78 Å². The van der Waals surface area contributed by atoms with Gasteiger partial charge in [0.05, 0.1) is 17.3 Å². The van der Waals surface area contributed by atoms with Crippen molar-refractivity contribution >= 4 is 23.2 Å². The van der Waals surface area contributed by atoms with E-state index in [0.717, 1.165) is 23.4 Å². The molecule has 0 aliphatic carbocycles. The van der Waals surface area contributed by atoms with E-state index in [-0.39, 0.29) is 0 Å². The van der Waals surface area contributed by atoms with Gasteiger partial charge < -0.3 is 0 Å². The minimum absolute atomic E-state index is 0.397. The van der Waals surface area contributed by atoms with Crippen molar-refractivity contribution in [2.75, 3.05) is 0 Å². The lowest BCUT2D eigenvalue weighted by atomic mass is 10.2. The monoisotopic (exact) mass is 268 g/mol. The molecule has 0 spiro atoms. The molecule has 0 unspecified atom stereocenters. The number of hydrogen-bond donors (Lipinski definition) is 0. The van der Waals surface area contributed by atoms with Crippen molar-refractivity contribution in [1.29, 1.82) is 0 Å². The third kappa shape index (κ3) is 2.33. The molecule has 1 heterocycles. The lowest BCUT2D eigenvalue weighted by molar-refractivity contribution is 0.841. The van der Waals surface area contributed by atoms with Gasteiger partial charge in [0.25, 0.3) is 0 Å². The van der Waals surface area contributed by atoms with Crippen molar-refractivity contribution in [3.63, 3.8) is 0 Å². The largest absolute Gasteiger partial charge is 0.222 e. The normalized spacial score (nSPS) is 10.8. The molecule has 2 nitrogen and oxygen atoms in total. The van der Waals surface area contributed by atoms with Gasteiger partial charge in [-0.05, 0) is 25.5 Å². The van der Waals surface area contributed by atoms with Crippen LogP contribution in [0.2, 0.25) is 5.15 Å². The van der Waals surface area contributed by atoms with Gasteiger partial charge in [-0.15, -0.1) is 11.6 Å². The summed E-state index contributed by atoms with van der Waals surface area (Å²) in [5, 5.41) is 5.11. The summed E-state index contributed by atoms with van der Waals surface area (Å²) in [6, 6.07) is 8.09. The topological polar surface area (TPSA) is 17.8 Å². The van der Waals surface area contributed by atoms with Crippen LogP contribution >= 0.6 is 23.2 Å². The van der Waals surface area contributed by atoms with E-state index in [1.807, 2.05) is 31.2 Å². The van der Waals surface area contributed by atoms with Gasteiger partial charge in [0.1, 0.15) is 5.15 Å². The van der Waals surface area contributed by atoms with E-state index in [1.54, 1.807) is 4.68 Å². The Bertz CT molecular complexity index is 515. The maximum atomic E-state index is 6.30. The van der Waals surface area contributed by atoms with E-state index >= 15 is 0 Å². The lowest BCUT2D eigenvalue weighted by Crippen LogP contribution is -1.97. The Morgan fingerprint density at radius 1 is 1.24 bits per heavy atom. The molecular formula is C13H14Cl2N2. The summed E-state index contributed by atoms with van der Waals surface area (Å²) in [6.07, 6.45) is 0.834. The molecule has 2 aromatic rings. The summed E-state index contributed by atoms with van der Waals surface area (Å²) in [5.74, 6) is 0.397. The van der Waals surface area contributed by atoms with Crippen LogP contribution in [0.1, 0.15) is 23.7 Å². The number of benzene rings is 1. The van der Waals surface area contributed by atoms with Gasteiger partial charge in [0.2, 0.25) is 0 Å². The molecule has 0 radical (unpaired) electrons. The predicted molar refractivity (Wildman–Crippen MR) is 72.2 cm³/mol. The predicted octanol–water partition coefficient (Wildman–Crippen LogP) is 4.14. The van der Waals surface area contributed by atoms with Crippen LogP contribution in [0.4, 0.5) is 0 Å². The second-order valence-corrected chi connectivity index (χ2v) is 4.58. The van der Waals surface area contributed by atoms with Crippen LogP contribution in [-0.4, -0.2) is 9.78 Å². The highest BCUT2D eigenvalue weighted by Gasteiger charge is 2.14. The zero-order chi connectivity index (χ0) is 12.4. The molecular weight excluding hydrogens is 255 g/mol. The van der Waals surface area contributed by atoms with E-state index < -0.39 is 0 Å². The number of rotatable bonds is 3. The van der Waals surface area contributed by atoms with Gasteiger partial charge in [-0.25, -0.2) is 4.68 Å². The Hall–Kier alpha value is -0.990. The summed E-state index contributed by atoms with van der Waals surface area (Å²) >= 11 is 12.2. The summed E-state index contributed by atoms with van der Waals surface area (Å²) in [6.45, 7) is 4.10. The fourth-order valence-electron chi connectivity index (χ4n) is 1.75. The first-order chi connectivity index (χ1) is 8.17. The minimum Gasteiger partial charge on any atom is -0.222 e. The molecule has 0 atom stereocenters. The van der Waals surface area contributed by atoms with Gasteiger partial charge >= 0.3 is 0 Å². The Kier molecular flexibility index (Phi) is 3.75. The number of nitrogens with zero attached hydrogens (tertiary/aromatic N) is 2. The molecule has 0 fully saturated rings. The number of alkyl halides is 1. The van der Waals surface area contributed by atoms with Crippen LogP contribution in [0.15, 0.2) is 24.3 Å². The molecule has 0 bridgehead atoms. The highest BCUT2D eigenvalue weighted by molar-refractivity contribution is 6.31. The average molecular weight is 269 g/mol. The van der Waals surface area contributed by atoms with Crippen LogP contribution in [0, 0.1) is 6.92 Å². The molecule has 1 aromatic heterocycles. The van der Waals surface area contributed by atoms with Crippen molar-refractivity contribution in [2.24, 2.45) is 0 Å². The molecule has 0 aliphatic heterocycles. The molecule has 4 heteroatoms. The first kappa shape index (κ1) is 12.5. The zero-order valence-electron chi connectivity index (χ0n) is 9.87. The van der Waals surface area contributed by atoms with E-state index in [0.29, 0.717) is 11.0 Å². The molecule has 0 amide bonds. The van der Waals surface area contributed by atoms with E-state index in [9.17, 15) is 0 Å². The van der Waals surface area contributed by atoms with Gasteiger partial charge in [-0.1, -0.05) is 36.2 Å². The first-order valence-corrected chi connectivity index (χ1v) is 6.48. The maximum absolute atomic E-state index is 6.30. The second kappa shape index (κ2) is 5.11. The van der Waals surface area contributed by atoms with Crippen LogP contribution in [0.3, 0.4) is 0 Å². The summed E-state index contributed by atoms with van der Waals surface area (Å²) in [5.41, 5.74) is 4.07. The molecule has 0 saturated heterocycles. The van der Waals surface area contributed by atoms with E-state index in [1.165, 1.54) is 5.56 Å². The molecule has 2 rings (SSSR count). The highest BCUT2D eigenvalue weighted by Crippen LogP contribution is 2.25. The standard InChI is InChI=1S/C13H14Cl2N2/c1-3-12-11(8-14)13(15)17(16-12)10-6-4-9(2)5-7-10/h4-7H,3,8H2,1-2H3. The van der Waals surface area contributed by atoms with Crippen molar-refractivity contribution in [3.8, 4) is 5.69 Å². The second-order valence-electron chi connectivity index (χ2n) is 3.95. The van der Waals surface area contributed by atoms with Crippen LogP contribution in [0.5, 0.6) is 0 Å². The van der Waals surface area contributed by atoms with E-state index in [2.05, 4.69) is 12.0 Å². The third-order valence-corrected chi connectivity index (χ3v) is 3.41. The molecule has 0 N–H and O–H groups in total. The molecule has 90 valence electrons. The molecule has 1 aromatic carbocycles. The fraction of sp³-hybridized carbons (Fsp3) is 0.308. The molecule has 0 saturated carbocycles. The minimum atomic E-state index is 0.397. The summed E-state index contributed by atoms with van der Waals surface area (Å²) < 4.78 is 1.75. The maximum Gasteiger partial charge on any atom is 0.137 e. The number of halogens is 2. The first-order valence-electron chi connectivity index (χ1n) is 5.56. The lowest BCUT2D eigenvalue weighted by Gasteiger charge is -2.03. The SMILES string of the molecule is CCc1nn(-c2ccc(C)cc2)c(Cl)c1CCl. The highest BCUT2D eigenvalue weighted by atomic mass is 35.5. The molecule has 0 aliphatic rings. The van der Waals surface area contributed by atoms with Crippen LogP contribution < -0.4 is 0 Å². The summed E-state index contributed by atoms with van der Waals surface area (Å²) in [4.78, 5) is 0. The number of hydrogen-bond acceptors (Lipinski definition) is 1. The Morgan fingerprint density at radius 2 is 1.88 bits per heavy atom. The van der Waals surface area contributed by atoms with Crippen LogP contribution in [-0.2, 0) is 12.3 Å². The fourth-order valence-corrected chi connectivity index (χ4v) is 2.41. The number of aromatic nitrogens is 2. The van der Waals surface area contributed by atoms with Gasteiger partial charge in [0, 0.05) is 5.56 Å². The average Bonchev–Trinajstić information content (AvgIpc) is 2.66. The smallest absolute Gasteiger partial charge is 0.137 e. The quantitative estimate of drug-likeness (QED) is 0.766. The Balaban J connectivity index is 2.52. The van der Waals surface area contributed by atoms with Gasteiger partial charge in [0.15, 0.2) is 0 Å². The Labute approximate surface area is 111 Å². The van der Waals surface area contributed by atoms with Crippen LogP contribution in [0.25, 0.3) is 5.69 Å². The third-order valence-electron chi connectivity index (χ3n) is 2.75.